The SMILES string of the molecule is COCCOc1cc(Nc2[nH]nc(-c3ccc(NC(=O)C(C)N)cc3)c2C(N)=O)ccn1. The van der Waals surface area contributed by atoms with Crippen LogP contribution in [-0.4, -0.2) is 53.4 Å². The van der Waals surface area contributed by atoms with E-state index in [9.17, 15) is 9.59 Å². The molecule has 11 nitrogen and oxygen atoms in total. The molecule has 32 heavy (non-hydrogen) atoms. The molecule has 3 aromatic rings. The van der Waals surface area contributed by atoms with Crippen molar-refractivity contribution in [3.8, 4) is 17.1 Å². The van der Waals surface area contributed by atoms with Crippen LogP contribution >= 0.6 is 0 Å². The van der Waals surface area contributed by atoms with Crippen molar-refractivity contribution in [1.29, 1.82) is 0 Å². The largest absolute Gasteiger partial charge is 0.475 e. The second-order valence-electron chi connectivity index (χ2n) is 6.89. The molecule has 0 saturated heterocycles. The number of carbonyl (C=O) groups is 2. The third-order valence-electron chi connectivity index (χ3n) is 4.39. The van der Waals surface area contributed by atoms with Crippen molar-refractivity contribution < 1.29 is 19.1 Å². The Hall–Kier alpha value is -3.96. The van der Waals surface area contributed by atoms with Crippen LogP contribution in [0.1, 0.15) is 17.3 Å². The predicted octanol–water partition coefficient (Wildman–Crippen LogP) is 1.63. The highest BCUT2D eigenvalue weighted by Gasteiger charge is 2.20. The van der Waals surface area contributed by atoms with Crippen LogP contribution in [0.15, 0.2) is 42.6 Å². The van der Waals surface area contributed by atoms with E-state index in [0.717, 1.165) is 0 Å². The van der Waals surface area contributed by atoms with Crippen LogP contribution in [0.25, 0.3) is 11.3 Å². The lowest BCUT2D eigenvalue weighted by Gasteiger charge is -2.09. The molecular formula is C21H25N7O4. The van der Waals surface area contributed by atoms with Crippen LogP contribution in [0.4, 0.5) is 17.2 Å². The number of hydrogen-bond donors (Lipinski definition) is 5. The Kier molecular flexibility index (Phi) is 7.37. The van der Waals surface area contributed by atoms with Gasteiger partial charge in [-0.25, -0.2) is 4.98 Å². The van der Waals surface area contributed by atoms with E-state index in [2.05, 4.69) is 25.8 Å². The summed E-state index contributed by atoms with van der Waals surface area (Å²) in [5, 5.41) is 12.8. The van der Waals surface area contributed by atoms with Crippen molar-refractivity contribution in [3.05, 3.63) is 48.2 Å². The number of nitrogens with two attached hydrogens (primary N) is 2. The number of benzene rings is 1. The van der Waals surface area contributed by atoms with Crippen LogP contribution in [-0.2, 0) is 9.53 Å². The van der Waals surface area contributed by atoms with Crippen molar-refractivity contribution in [2.24, 2.45) is 11.5 Å². The smallest absolute Gasteiger partial charge is 0.254 e. The van der Waals surface area contributed by atoms with Gasteiger partial charge in [-0.1, -0.05) is 12.1 Å². The highest BCUT2D eigenvalue weighted by atomic mass is 16.5. The molecule has 0 bridgehead atoms. The van der Waals surface area contributed by atoms with Crippen LogP contribution in [0.3, 0.4) is 0 Å². The number of pyridine rings is 1. The van der Waals surface area contributed by atoms with Gasteiger partial charge in [0.15, 0.2) is 0 Å². The predicted molar refractivity (Wildman–Crippen MR) is 120 cm³/mol. The Labute approximate surface area is 184 Å². The molecule has 0 aliphatic heterocycles. The summed E-state index contributed by atoms with van der Waals surface area (Å²) in [7, 11) is 1.58. The maximum Gasteiger partial charge on any atom is 0.254 e. The van der Waals surface area contributed by atoms with Gasteiger partial charge < -0.3 is 31.6 Å². The number of aromatic nitrogens is 3. The fraction of sp³-hybridized carbons (Fsp3) is 0.238. The molecule has 0 spiro atoms. The summed E-state index contributed by atoms with van der Waals surface area (Å²) < 4.78 is 10.5. The first-order chi connectivity index (χ1) is 15.4. The summed E-state index contributed by atoms with van der Waals surface area (Å²) in [5.74, 6) is -0.228. The number of hydrogen-bond acceptors (Lipinski definition) is 8. The van der Waals surface area contributed by atoms with Crippen LogP contribution in [0.5, 0.6) is 5.88 Å². The quantitative estimate of drug-likeness (QED) is 0.297. The second kappa shape index (κ2) is 10.4. The monoisotopic (exact) mass is 439 g/mol. The minimum atomic E-state index is -0.656. The van der Waals surface area contributed by atoms with Crippen molar-refractivity contribution in [2.45, 2.75) is 13.0 Å². The normalized spacial score (nSPS) is 11.6. The molecule has 0 saturated carbocycles. The van der Waals surface area contributed by atoms with E-state index in [-0.39, 0.29) is 11.5 Å². The van der Waals surface area contributed by atoms with E-state index >= 15 is 0 Å². The second-order valence-corrected chi connectivity index (χ2v) is 6.89. The third-order valence-corrected chi connectivity index (χ3v) is 4.39. The number of nitrogens with one attached hydrogen (secondary N) is 3. The number of aromatic amines is 1. The van der Waals surface area contributed by atoms with Gasteiger partial charge in [0.2, 0.25) is 11.8 Å². The summed E-state index contributed by atoms with van der Waals surface area (Å²) in [6.45, 7) is 2.38. The summed E-state index contributed by atoms with van der Waals surface area (Å²) in [4.78, 5) is 28.1. The van der Waals surface area contributed by atoms with Gasteiger partial charge in [-0.05, 0) is 25.1 Å². The molecule has 3 rings (SSSR count). The Bertz CT molecular complexity index is 1080. The molecule has 1 unspecified atom stereocenters. The number of H-pyrrole nitrogens is 1. The van der Waals surface area contributed by atoms with E-state index in [1.54, 1.807) is 56.6 Å². The lowest BCUT2D eigenvalue weighted by Crippen LogP contribution is -2.32. The number of carbonyl (C=O) groups excluding carboxylic acids is 2. The van der Waals surface area contributed by atoms with Crippen LogP contribution < -0.4 is 26.8 Å². The van der Waals surface area contributed by atoms with Gasteiger partial charge in [0.1, 0.15) is 23.7 Å². The van der Waals surface area contributed by atoms with E-state index < -0.39 is 11.9 Å². The standard InChI is InChI=1S/C21H25N7O4/c1-12(22)21(30)26-14-5-3-13(4-6-14)18-17(19(23)29)20(28-27-18)25-15-7-8-24-16(11-15)32-10-9-31-2/h3-8,11-12H,9-10,22H2,1-2H3,(H2,23,29)(H,26,30)(H2,24,25,27,28). The molecule has 1 atom stereocenters. The summed E-state index contributed by atoms with van der Waals surface area (Å²) in [6, 6.07) is 9.58. The number of ether oxygens (including phenoxy) is 2. The van der Waals surface area contributed by atoms with Gasteiger partial charge in [0.25, 0.3) is 5.91 Å². The first-order valence-corrected chi connectivity index (χ1v) is 9.79. The van der Waals surface area contributed by atoms with Crippen LogP contribution in [0.2, 0.25) is 0 Å². The van der Waals surface area contributed by atoms with Gasteiger partial charge in [0, 0.05) is 36.3 Å². The molecule has 0 aliphatic carbocycles. The van der Waals surface area contributed by atoms with E-state index in [1.165, 1.54) is 0 Å². The molecule has 0 radical (unpaired) electrons. The Morgan fingerprint density at radius 3 is 2.56 bits per heavy atom. The molecule has 7 N–H and O–H groups in total. The fourth-order valence-electron chi connectivity index (χ4n) is 2.79. The maximum atomic E-state index is 12.2. The maximum absolute atomic E-state index is 12.2. The third kappa shape index (κ3) is 5.59. The first-order valence-electron chi connectivity index (χ1n) is 9.79. The van der Waals surface area contributed by atoms with Crippen molar-refractivity contribution in [1.82, 2.24) is 15.2 Å². The lowest BCUT2D eigenvalue weighted by atomic mass is 10.1. The topological polar surface area (TPSA) is 170 Å². The number of anilines is 3. The Balaban J connectivity index is 1.81. The van der Waals surface area contributed by atoms with E-state index in [1.807, 2.05) is 0 Å². The molecule has 11 heteroatoms. The van der Waals surface area contributed by atoms with Crippen LogP contribution in [0, 0.1) is 0 Å². The average Bonchev–Trinajstić information content (AvgIpc) is 3.18. The number of rotatable bonds is 10. The molecule has 1 aromatic carbocycles. The number of methoxy groups -OCH3 is 1. The van der Waals surface area contributed by atoms with Crippen molar-refractivity contribution >= 4 is 29.0 Å². The summed E-state index contributed by atoms with van der Waals surface area (Å²) in [5.41, 5.74) is 13.6. The Morgan fingerprint density at radius 2 is 1.91 bits per heavy atom. The van der Waals surface area contributed by atoms with Crippen molar-refractivity contribution in [2.75, 3.05) is 31.0 Å². The minimum Gasteiger partial charge on any atom is -0.475 e. The van der Waals surface area contributed by atoms with E-state index in [4.69, 9.17) is 20.9 Å². The zero-order chi connectivity index (χ0) is 23.1. The first kappa shape index (κ1) is 22.7. The zero-order valence-corrected chi connectivity index (χ0v) is 17.7. The molecule has 168 valence electrons. The molecule has 2 aromatic heterocycles. The zero-order valence-electron chi connectivity index (χ0n) is 17.7. The number of amides is 2. The molecule has 0 fully saturated rings. The fourth-order valence-corrected chi connectivity index (χ4v) is 2.79. The highest BCUT2D eigenvalue weighted by Crippen LogP contribution is 2.29. The Morgan fingerprint density at radius 1 is 1.16 bits per heavy atom. The van der Waals surface area contributed by atoms with Gasteiger partial charge in [0.05, 0.1) is 12.6 Å². The van der Waals surface area contributed by atoms with Gasteiger partial charge in [-0.15, -0.1) is 0 Å². The van der Waals surface area contributed by atoms with Gasteiger partial charge in [-0.2, -0.15) is 5.10 Å². The molecule has 2 amide bonds. The van der Waals surface area contributed by atoms with Gasteiger partial charge in [-0.3, -0.25) is 14.7 Å². The van der Waals surface area contributed by atoms with Gasteiger partial charge >= 0.3 is 0 Å². The van der Waals surface area contributed by atoms with E-state index in [0.29, 0.717) is 47.5 Å². The highest BCUT2D eigenvalue weighted by molar-refractivity contribution is 6.04. The molecule has 0 aliphatic rings. The van der Waals surface area contributed by atoms with Crippen molar-refractivity contribution in [3.63, 3.8) is 0 Å². The minimum absolute atomic E-state index is 0.191. The molecular weight excluding hydrogens is 414 g/mol. The summed E-state index contributed by atoms with van der Waals surface area (Å²) >= 11 is 0. The average molecular weight is 439 g/mol. The lowest BCUT2D eigenvalue weighted by molar-refractivity contribution is -0.117. The number of primary amides is 1. The summed E-state index contributed by atoms with van der Waals surface area (Å²) in [6.07, 6.45) is 1.57. The number of nitrogens with zero attached hydrogens (tertiary/aromatic N) is 2. The molecule has 2 heterocycles.